The van der Waals surface area contributed by atoms with E-state index in [1.165, 1.54) is 17.4 Å². The molecule has 2 heterocycles. The molecule has 0 atom stereocenters. The normalized spacial score (nSPS) is 13.5. The Bertz CT molecular complexity index is 755. The summed E-state index contributed by atoms with van der Waals surface area (Å²) in [6.07, 6.45) is 4.05. The van der Waals surface area contributed by atoms with Crippen LogP contribution >= 0.6 is 11.3 Å². The molecule has 3 rings (SSSR count). The maximum absolute atomic E-state index is 12.0. The molecule has 0 bridgehead atoms. The molecule has 0 spiro atoms. The number of carbonyl (C=O) groups excluding carboxylic acids is 1. The third-order valence-electron chi connectivity index (χ3n) is 3.27. The summed E-state index contributed by atoms with van der Waals surface area (Å²) in [5.41, 5.74) is 0.868. The Kier molecular flexibility index (Phi) is 5.10. The summed E-state index contributed by atoms with van der Waals surface area (Å²) in [6, 6.07) is 5.57. The van der Waals surface area contributed by atoms with Gasteiger partial charge < -0.3 is 9.47 Å². The molecule has 6 nitrogen and oxygen atoms in total. The van der Waals surface area contributed by atoms with Gasteiger partial charge in [-0.3, -0.25) is 10.1 Å². The minimum atomic E-state index is -0.239. The fourth-order valence-corrected chi connectivity index (χ4v) is 3.17. The quantitative estimate of drug-likeness (QED) is 0.843. The number of anilines is 1. The second-order valence-electron chi connectivity index (χ2n) is 5.82. The van der Waals surface area contributed by atoms with Gasteiger partial charge in [0.15, 0.2) is 11.5 Å². The Morgan fingerprint density at radius 3 is 2.88 bits per heavy atom. The van der Waals surface area contributed by atoms with Gasteiger partial charge in [0.1, 0.15) is 18.2 Å². The summed E-state index contributed by atoms with van der Waals surface area (Å²) < 4.78 is 11.0. The van der Waals surface area contributed by atoms with Gasteiger partial charge in [-0.1, -0.05) is 31.3 Å². The van der Waals surface area contributed by atoms with Crippen molar-refractivity contribution in [3.05, 3.63) is 34.8 Å². The topological polar surface area (TPSA) is 73.3 Å². The largest absolute Gasteiger partial charge is 0.486 e. The van der Waals surface area contributed by atoms with Crippen molar-refractivity contribution >= 4 is 28.5 Å². The Hall–Kier alpha value is -2.41. The van der Waals surface area contributed by atoms with E-state index in [-0.39, 0.29) is 5.91 Å². The van der Waals surface area contributed by atoms with Gasteiger partial charge in [0, 0.05) is 12.5 Å². The molecular weight excluding hydrogens is 326 g/mol. The van der Waals surface area contributed by atoms with Crippen LogP contribution < -0.4 is 14.8 Å². The predicted molar refractivity (Wildman–Crippen MR) is 93.5 cm³/mol. The van der Waals surface area contributed by atoms with E-state index in [4.69, 9.17) is 9.47 Å². The molecule has 1 aliphatic heterocycles. The van der Waals surface area contributed by atoms with E-state index in [9.17, 15) is 4.79 Å². The fourth-order valence-electron chi connectivity index (χ4n) is 2.22. The van der Waals surface area contributed by atoms with Gasteiger partial charge >= 0.3 is 0 Å². The fraction of sp³-hybridized carbons (Fsp3) is 0.353. The number of nitrogens with one attached hydrogen (secondary N) is 1. The lowest BCUT2D eigenvalue weighted by Gasteiger charge is -2.18. The molecule has 7 heteroatoms. The van der Waals surface area contributed by atoms with E-state index in [0.29, 0.717) is 30.0 Å². The average Bonchev–Trinajstić information content (AvgIpc) is 2.99. The number of benzene rings is 1. The van der Waals surface area contributed by atoms with Crippen molar-refractivity contribution in [2.75, 3.05) is 18.5 Å². The van der Waals surface area contributed by atoms with Crippen molar-refractivity contribution < 1.29 is 14.3 Å². The maximum atomic E-state index is 12.0. The van der Waals surface area contributed by atoms with Crippen molar-refractivity contribution in [2.24, 2.45) is 5.92 Å². The molecule has 1 N–H and O–H groups in total. The first kappa shape index (κ1) is 16.4. The SMILES string of the molecule is CC(C)Cc1nnc(NC(=O)/C=C/c2ccc3c(c2)OCCO3)s1. The number of carbonyl (C=O) groups is 1. The second-order valence-corrected chi connectivity index (χ2v) is 6.89. The highest BCUT2D eigenvalue weighted by atomic mass is 32.1. The number of hydrogen-bond acceptors (Lipinski definition) is 6. The number of ether oxygens (including phenoxy) is 2. The van der Waals surface area contributed by atoms with Crippen LogP contribution in [0.3, 0.4) is 0 Å². The van der Waals surface area contributed by atoms with Gasteiger partial charge in [-0.25, -0.2) is 0 Å². The first-order valence-electron chi connectivity index (χ1n) is 7.81. The minimum Gasteiger partial charge on any atom is -0.486 e. The first-order valence-corrected chi connectivity index (χ1v) is 8.63. The van der Waals surface area contributed by atoms with Crippen LogP contribution in [-0.4, -0.2) is 29.3 Å². The zero-order chi connectivity index (χ0) is 16.9. The van der Waals surface area contributed by atoms with Gasteiger partial charge in [-0.05, 0) is 29.7 Å². The number of hydrogen-bond donors (Lipinski definition) is 1. The summed E-state index contributed by atoms with van der Waals surface area (Å²) in [7, 11) is 0. The summed E-state index contributed by atoms with van der Waals surface area (Å²) in [5, 5.41) is 12.2. The van der Waals surface area contributed by atoms with Crippen LogP contribution in [0.2, 0.25) is 0 Å². The number of nitrogens with zero attached hydrogens (tertiary/aromatic N) is 2. The maximum Gasteiger partial charge on any atom is 0.250 e. The van der Waals surface area contributed by atoms with Crippen LogP contribution in [0.15, 0.2) is 24.3 Å². The van der Waals surface area contributed by atoms with E-state index in [1.54, 1.807) is 6.08 Å². The molecule has 126 valence electrons. The number of rotatable bonds is 5. The molecule has 2 aromatic rings. The van der Waals surface area contributed by atoms with Crippen LogP contribution in [0.4, 0.5) is 5.13 Å². The van der Waals surface area contributed by atoms with E-state index in [0.717, 1.165) is 22.7 Å². The third kappa shape index (κ3) is 4.32. The molecule has 24 heavy (non-hydrogen) atoms. The van der Waals surface area contributed by atoms with Crippen molar-refractivity contribution in [3.63, 3.8) is 0 Å². The molecule has 1 aromatic heterocycles. The van der Waals surface area contributed by atoms with Crippen molar-refractivity contribution in [1.82, 2.24) is 10.2 Å². The molecule has 0 unspecified atom stereocenters. The summed E-state index contributed by atoms with van der Waals surface area (Å²) in [5.74, 6) is 1.70. The van der Waals surface area contributed by atoms with Crippen LogP contribution in [0.5, 0.6) is 11.5 Å². The van der Waals surface area contributed by atoms with Gasteiger partial charge in [0.2, 0.25) is 11.0 Å². The van der Waals surface area contributed by atoms with Crippen molar-refractivity contribution in [3.8, 4) is 11.5 Å². The lowest BCUT2D eigenvalue weighted by Crippen LogP contribution is -2.15. The van der Waals surface area contributed by atoms with Crippen molar-refractivity contribution in [1.29, 1.82) is 0 Å². The molecule has 1 aromatic carbocycles. The molecule has 0 saturated heterocycles. The predicted octanol–water partition coefficient (Wildman–Crippen LogP) is 3.16. The molecule has 0 fully saturated rings. The van der Waals surface area contributed by atoms with Crippen LogP contribution in [0.1, 0.15) is 24.4 Å². The van der Waals surface area contributed by atoms with E-state index in [2.05, 4.69) is 29.4 Å². The lowest BCUT2D eigenvalue weighted by atomic mass is 10.1. The Balaban J connectivity index is 1.60. The smallest absolute Gasteiger partial charge is 0.250 e. The van der Waals surface area contributed by atoms with E-state index < -0.39 is 0 Å². The Morgan fingerprint density at radius 2 is 2.08 bits per heavy atom. The highest BCUT2D eigenvalue weighted by Gasteiger charge is 2.11. The van der Waals surface area contributed by atoms with Crippen LogP contribution in [-0.2, 0) is 11.2 Å². The highest BCUT2D eigenvalue weighted by Crippen LogP contribution is 2.31. The Morgan fingerprint density at radius 1 is 1.29 bits per heavy atom. The molecule has 0 aliphatic carbocycles. The Labute approximate surface area is 144 Å². The molecule has 0 saturated carbocycles. The minimum absolute atomic E-state index is 0.239. The van der Waals surface area contributed by atoms with Gasteiger partial charge in [-0.2, -0.15) is 0 Å². The van der Waals surface area contributed by atoms with Crippen LogP contribution in [0.25, 0.3) is 6.08 Å². The highest BCUT2D eigenvalue weighted by molar-refractivity contribution is 7.15. The number of aromatic nitrogens is 2. The summed E-state index contributed by atoms with van der Waals surface area (Å²) in [4.78, 5) is 12.0. The first-order chi connectivity index (χ1) is 11.6. The van der Waals surface area contributed by atoms with Crippen molar-refractivity contribution in [2.45, 2.75) is 20.3 Å². The van der Waals surface area contributed by atoms with E-state index >= 15 is 0 Å². The zero-order valence-electron chi connectivity index (χ0n) is 13.6. The molecular formula is C17H19N3O3S. The molecule has 1 amide bonds. The van der Waals surface area contributed by atoms with Gasteiger partial charge in [-0.15, -0.1) is 10.2 Å². The lowest BCUT2D eigenvalue weighted by molar-refractivity contribution is -0.111. The zero-order valence-corrected chi connectivity index (χ0v) is 14.4. The number of fused-ring (bicyclic) bond motifs is 1. The summed E-state index contributed by atoms with van der Waals surface area (Å²) in [6.45, 7) is 5.34. The monoisotopic (exact) mass is 345 g/mol. The van der Waals surface area contributed by atoms with Gasteiger partial charge in [0.05, 0.1) is 0 Å². The van der Waals surface area contributed by atoms with E-state index in [1.807, 2.05) is 18.2 Å². The second kappa shape index (κ2) is 7.44. The number of amides is 1. The average molecular weight is 345 g/mol. The van der Waals surface area contributed by atoms with Gasteiger partial charge in [0.25, 0.3) is 0 Å². The standard InChI is InChI=1S/C17H19N3O3S/c1-11(2)9-16-19-20-17(24-16)18-15(21)6-4-12-3-5-13-14(10-12)23-8-7-22-13/h3-6,10-11H,7-9H2,1-2H3,(H,18,20,21)/b6-4+. The molecule has 1 aliphatic rings. The molecule has 0 radical (unpaired) electrons. The van der Waals surface area contributed by atoms with Crippen LogP contribution in [0, 0.1) is 5.92 Å². The third-order valence-corrected chi connectivity index (χ3v) is 4.13. The summed E-state index contributed by atoms with van der Waals surface area (Å²) >= 11 is 1.41.